The Balaban J connectivity index is 1.28. The van der Waals surface area contributed by atoms with Crippen LogP contribution in [0.3, 0.4) is 0 Å². The van der Waals surface area contributed by atoms with Crippen molar-refractivity contribution in [3.63, 3.8) is 0 Å². The third-order valence-corrected chi connectivity index (χ3v) is 10.1. The molecule has 49 heavy (non-hydrogen) atoms. The summed E-state index contributed by atoms with van der Waals surface area (Å²) in [6, 6.07) is 60.6. The minimum atomic E-state index is -0.138. The molecule has 0 N–H and O–H groups in total. The molecule has 1 heterocycles. The van der Waals surface area contributed by atoms with Gasteiger partial charge in [-0.3, -0.25) is 0 Å². The quantitative estimate of drug-likeness (QED) is 0.190. The normalized spacial score (nSPS) is 12.9. The van der Waals surface area contributed by atoms with Crippen molar-refractivity contribution < 1.29 is 0 Å². The molecule has 2 heteroatoms. The third-order valence-electron chi connectivity index (χ3n) is 10.1. The SMILES string of the molecule is CC1(C)c2cc3ccccc3cc2-c2c(-c3cc(-c4ccc(-c5ccccc5)c(-c5ccccc5)c4)nc(-c4ccccc4)n3)cccc21. The number of hydrogen-bond acceptors (Lipinski definition) is 2. The van der Waals surface area contributed by atoms with Gasteiger partial charge in [-0.25, -0.2) is 9.97 Å². The van der Waals surface area contributed by atoms with Gasteiger partial charge in [0, 0.05) is 22.1 Å². The maximum absolute atomic E-state index is 5.29. The third kappa shape index (κ3) is 4.96. The topological polar surface area (TPSA) is 25.8 Å². The fourth-order valence-electron chi connectivity index (χ4n) is 7.57. The second-order valence-electron chi connectivity index (χ2n) is 13.4. The second-order valence-corrected chi connectivity index (χ2v) is 13.4. The van der Waals surface area contributed by atoms with Gasteiger partial charge in [0.1, 0.15) is 0 Å². The molecule has 0 spiro atoms. The van der Waals surface area contributed by atoms with Gasteiger partial charge in [-0.1, -0.05) is 159 Å². The number of benzene rings is 7. The van der Waals surface area contributed by atoms with E-state index < -0.39 is 0 Å². The van der Waals surface area contributed by atoms with E-state index in [9.17, 15) is 0 Å². The average Bonchev–Trinajstić information content (AvgIpc) is 3.39. The first-order valence-corrected chi connectivity index (χ1v) is 16.9. The predicted molar refractivity (Wildman–Crippen MR) is 204 cm³/mol. The van der Waals surface area contributed by atoms with Gasteiger partial charge < -0.3 is 0 Å². The molecule has 1 aliphatic carbocycles. The summed E-state index contributed by atoms with van der Waals surface area (Å²) in [4.78, 5) is 10.5. The molecule has 0 unspecified atom stereocenters. The first kappa shape index (κ1) is 29.1. The summed E-state index contributed by atoms with van der Waals surface area (Å²) in [5.41, 5.74) is 14.8. The van der Waals surface area contributed by atoms with Gasteiger partial charge in [0.15, 0.2) is 5.82 Å². The Labute approximate surface area is 287 Å². The molecule has 8 aromatic rings. The monoisotopic (exact) mass is 626 g/mol. The summed E-state index contributed by atoms with van der Waals surface area (Å²) in [6.45, 7) is 4.69. The fraction of sp³-hybridized carbons (Fsp3) is 0.0638. The van der Waals surface area contributed by atoms with E-state index in [2.05, 4.69) is 178 Å². The van der Waals surface area contributed by atoms with Crippen LogP contribution in [0.1, 0.15) is 25.0 Å². The number of fused-ring (bicyclic) bond motifs is 4. The van der Waals surface area contributed by atoms with Gasteiger partial charge >= 0.3 is 0 Å². The average molecular weight is 627 g/mol. The van der Waals surface area contributed by atoms with Crippen molar-refractivity contribution in [3.8, 4) is 67.3 Å². The molecular formula is C47H34N2. The molecule has 1 aliphatic rings. The van der Waals surface area contributed by atoms with E-state index in [0.717, 1.165) is 33.9 Å². The number of nitrogens with zero attached hydrogens (tertiary/aromatic N) is 2. The lowest BCUT2D eigenvalue weighted by Crippen LogP contribution is -2.14. The lowest BCUT2D eigenvalue weighted by Gasteiger charge is -2.22. The van der Waals surface area contributed by atoms with Crippen LogP contribution in [-0.4, -0.2) is 9.97 Å². The van der Waals surface area contributed by atoms with Crippen molar-refractivity contribution >= 4 is 10.8 Å². The molecule has 1 aromatic heterocycles. The predicted octanol–water partition coefficient (Wildman–Crippen LogP) is 12.3. The smallest absolute Gasteiger partial charge is 0.160 e. The van der Waals surface area contributed by atoms with Crippen molar-refractivity contribution in [2.45, 2.75) is 19.3 Å². The van der Waals surface area contributed by atoms with Crippen LogP contribution in [0.25, 0.3) is 78.1 Å². The van der Waals surface area contributed by atoms with E-state index in [0.29, 0.717) is 0 Å². The van der Waals surface area contributed by atoms with Gasteiger partial charge in [0.05, 0.1) is 11.4 Å². The number of aromatic nitrogens is 2. The molecule has 9 rings (SSSR count). The summed E-state index contributed by atoms with van der Waals surface area (Å²) in [6.07, 6.45) is 0. The van der Waals surface area contributed by atoms with Crippen LogP contribution in [-0.2, 0) is 5.41 Å². The lowest BCUT2D eigenvalue weighted by molar-refractivity contribution is 0.661. The van der Waals surface area contributed by atoms with E-state index in [-0.39, 0.29) is 5.41 Å². The molecule has 0 bridgehead atoms. The van der Waals surface area contributed by atoms with Crippen LogP contribution in [0.5, 0.6) is 0 Å². The van der Waals surface area contributed by atoms with Crippen LogP contribution >= 0.6 is 0 Å². The maximum atomic E-state index is 5.29. The zero-order valence-electron chi connectivity index (χ0n) is 27.6. The van der Waals surface area contributed by atoms with Crippen molar-refractivity contribution in [3.05, 3.63) is 181 Å². The van der Waals surface area contributed by atoms with Crippen molar-refractivity contribution in [2.24, 2.45) is 0 Å². The highest BCUT2D eigenvalue weighted by atomic mass is 14.9. The Hall–Kier alpha value is -6.12. The summed E-state index contributed by atoms with van der Waals surface area (Å²) in [7, 11) is 0. The highest BCUT2D eigenvalue weighted by Gasteiger charge is 2.37. The molecule has 232 valence electrons. The Morgan fingerprint density at radius 1 is 0.367 bits per heavy atom. The van der Waals surface area contributed by atoms with Gasteiger partial charge in [-0.15, -0.1) is 0 Å². The highest BCUT2D eigenvalue weighted by molar-refractivity contribution is 5.98. The van der Waals surface area contributed by atoms with Gasteiger partial charge in [-0.2, -0.15) is 0 Å². The van der Waals surface area contributed by atoms with E-state index in [4.69, 9.17) is 9.97 Å². The molecule has 0 atom stereocenters. The molecule has 0 amide bonds. The van der Waals surface area contributed by atoms with Gasteiger partial charge in [0.25, 0.3) is 0 Å². The first-order valence-electron chi connectivity index (χ1n) is 16.9. The Kier molecular flexibility index (Phi) is 6.84. The number of rotatable bonds is 5. The first-order chi connectivity index (χ1) is 24.0. The molecule has 2 nitrogen and oxygen atoms in total. The zero-order valence-corrected chi connectivity index (χ0v) is 27.6. The van der Waals surface area contributed by atoms with E-state index in [1.54, 1.807) is 0 Å². The summed E-state index contributed by atoms with van der Waals surface area (Å²) in [5, 5.41) is 2.52. The minimum absolute atomic E-state index is 0.138. The van der Waals surface area contributed by atoms with Crippen LogP contribution in [0, 0.1) is 0 Å². The van der Waals surface area contributed by atoms with Crippen molar-refractivity contribution in [1.82, 2.24) is 9.97 Å². The maximum Gasteiger partial charge on any atom is 0.160 e. The van der Waals surface area contributed by atoms with Crippen LogP contribution < -0.4 is 0 Å². The number of hydrogen-bond donors (Lipinski definition) is 0. The fourth-order valence-corrected chi connectivity index (χ4v) is 7.57. The van der Waals surface area contributed by atoms with Crippen molar-refractivity contribution in [1.29, 1.82) is 0 Å². The molecule has 7 aromatic carbocycles. The molecule has 0 saturated heterocycles. The Morgan fingerprint density at radius 3 is 1.65 bits per heavy atom. The van der Waals surface area contributed by atoms with Crippen LogP contribution in [0.4, 0.5) is 0 Å². The highest BCUT2D eigenvalue weighted by Crippen LogP contribution is 2.53. The minimum Gasteiger partial charge on any atom is -0.228 e. The van der Waals surface area contributed by atoms with Gasteiger partial charge in [-0.05, 0) is 79.5 Å². The summed E-state index contributed by atoms with van der Waals surface area (Å²) in [5.74, 6) is 0.718. The molecule has 0 radical (unpaired) electrons. The van der Waals surface area contributed by atoms with Crippen LogP contribution in [0.2, 0.25) is 0 Å². The Bertz CT molecular complexity index is 2500. The van der Waals surface area contributed by atoms with Crippen molar-refractivity contribution in [2.75, 3.05) is 0 Å². The summed E-state index contributed by atoms with van der Waals surface area (Å²) >= 11 is 0. The molecule has 0 saturated carbocycles. The molecule has 0 fully saturated rings. The standard InChI is InChI=1S/C47H34N2/c1-47(2)41-24-14-23-38(45(41)40-27-34-21-12-13-22-35(34)29-42(40)47)44-30-43(48-46(49-44)33-19-10-5-11-20-33)36-25-26-37(31-15-6-3-7-16-31)39(28-36)32-17-8-4-9-18-32/h3-30H,1-2H3. The molecule has 0 aliphatic heterocycles. The van der Waals surface area contributed by atoms with E-state index >= 15 is 0 Å². The van der Waals surface area contributed by atoms with E-state index in [1.165, 1.54) is 55.3 Å². The summed E-state index contributed by atoms with van der Waals surface area (Å²) < 4.78 is 0. The molecular weight excluding hydrogens is 593 g/mol. The van der Waals surface area contributed by atoms with E-state index in [1.807, 2.05) is 6.07 Å². The largest absolute Gasteiger partial charge is 0.228 e. The lowest BCUT2D eigenvalue weighted by atomic mass is 9.81. The van der Waals surface area contributed by atoms with Gasteiger partial charge in [0.2, 0.25) is 0 Å². The Morgan fingerprint density at radius 2 is 0.959 bits per heavy atom. The second kappa shape index (κ2) is 11.5. The van der Waals surface area contributed by atoms with Crippen LogP contribution in [0.15, 0.2) is 170 Å². The zero-order chi connectivity index (χ0) is 33.0.